The highest BCUT2D eigenvalue weighted by Gasteiger charge is 2.22. The second-order valence-corrected chi connectivity index (χ2v) is 6.43. The van der Waals surface area contributed by atoms with Crippen LogP contribution in [-0.4, -0.2) is 45.1 Å². The maximum Gasteiger partial charge on any atom is 0.328 e. The maximum absolute atomic E-state index is 10.5. The van der Waals surface area contributed by atoms with E-state index in [-0.39, 0.29) is 0 Å². The van der Waals surface area contributed by atoms with Crippen molar-refractivity contribution in [2.75, 3.05) is 18.4 Å². The molecule has 0 amide bonds. The molecule has 1 saturated heterocycles. The summed E-state index contributed by atoms with van der Waals surface area (Å²) >= 11 is 6.04. The van der Waals surface area contributed by atoms with Crippen molar-refractivity contribution >= 4 is 29.5 Å². The van der Waals surface area contributed by atoms with Crippen LogP contribution in [0.4, 0.5) is 5.82 Å². The minimum Gasteiger partial charge on any atom is -0.478 e. The Bertz CT molecular complexity index is 764. The topological polar surface area (TPSA) is 78.3 Å². The van der Waals surface area contributed by atoms with Gasteiger partial charge < -0.3 is 10.4 Å². The number of anilines is 1. The van der Waals surface area contributed by atoms with Gasteiger partial charge in [-0.1, -0.05) is 23.7 Å². The lowest BCUT2D eigenvalue weighted by Gasteiger charge is -2.17. The smallest absolute Gasteiger partial charge is 0.328 e. The first-order chi connectivity index (χ1) is 12.1. The molecule has 1 aliphatic rings. The van der Waals surface area contributed by atoms with Crippen molar-refractivity contribution < 1.29 is 9.90 Å². The van der Waals surface area contributed by atoms with Crippen LogP contribution < -0.4 is 5.32 Å². The number of likely N-dealkylation sites (tertiary alicyclic amines) is 1. The number of carboxylic acids is 1. The standard InChI is InChI=1S/C18H19ClN4O2/c19-14-3-1-2-13(8-14)11-23-7-6-16(12-23)22-17-10-20-15(9-21-17)4-5-18(24)25/h1-5,8-10,16H,6-7,11-12H2,(H,21,22)(H,24,25)/b5-4+/t16-/m1/s1. The first kappa shape index (κ1) is 17.4. The lowest BCUT2D eigenvalue weighted by atomic mass is 10.2. The monoisotopic (exact) mass is 358 g/mol. The number of carboxylic acid groups (broad SMARTS) is 1. The Hall–Kier alpha value is -2.44. The molecule has 130 valence electrons. The van der Waals surface area contributed by atoms with Crippen molar-refractivity contribution in [1.82, 2.24) is 14.9 Å². The molecule has 1 fully saturated rings. The molecule has 1 atom stereocenters. The first-order valence-corrected chi connectivity index (χ1v) is 8.43. The van der Waals surface area contributed by atoms with Crippen molar-refractivity contribution in [3.63, 3.8) is 0 Å². The maximum atomic E-state index is 10.5. The molecule has 0 spiro atoms. The van der Waals surface area contributed by atoms with Gasteiger partial charge in [0, 0.05) is 36.8 Å². The molecule has 1 aromatic heterocycles. The highest BCUT2D eigenvalue weighted by atomic mass is 35.5. The Morgan fingerprint density at radius 3 is 3.00 bits per heavy atom. The van der Waals surface area contributed by atoms with Crippen LogP contribution in [0.2, 0.25) is 5.02 Å². The first-order valence-electron chi connectivity index (χ1n) is 8.05. The fourth-order valence-electron chi connectivity index (χ4n) is 2.85. The summed E-state index contributed by atoms with van der Waals surface area (Å²) in [5.74, 6) is -0.308. The third-order valence-electron chi connectivity index (χ3n) is 3.99. The van der Waals surface area contributed by atoms with Crippen molar-refractivity contribution in [3.8, 4) is 0 Å². The average molecular weight is 359 g/mol. The summed E-state index contributed by atoms with van der Waals surface area (Å²) in [6.45, 7) is 2.81. The fourth-order valence-corrected chi connectivity index (χ4v) is 3.06. The van der Waals surface area contributed by atoms with E-state index in [1.165, 1.54) is 11.6 Å². The summed E-state index contributed by atoms with van der Waals surface area (Å²) < 4.78 is 0. The van der Waals surface area contributed by atoms with Gasteiger partial charge >= 0.3 is 5.97 Å². The molecule has 7 heteroatoms. The number of hydrogen-bond donors (Lipinski definition) is 2. The van der Waals surface area contributed by atoms with E-state index in [0.717, 1.165) is 37.2 Å². The zero-order valence-electron chi connectivity index (χ0n) is 13.6. The number of nitrogens with zero attached hydrogens (tertiary/aromatic N) is 3. The van der Waals surface area contributed by atoms with Crippen LogP contribution in [0.1, 0.15) is 17.7 Å². The second-order valence-electron chi connectivity index (χ2n) is 5.99. The molecule has 0 bridgehead atoms. The van der Waals surface area contributed by atoms with Gasteiger partial charge in [-0.2, -0.15) is 0 Å². The molecule has 1 aromatic carbocycles. The van der Waals surface area contributed by atoms with E-state index in [4.69, 9.17) is 16.7 Å². The Balaban J connectivity index is 1.52. The number of nitrogens with one attached hydrogen (secondary N) is 1. The number of aliphatic carboxylic acids is 1. The third-order valence-corrected chi connectivity index (χ3v) is 4.22. The van der Waals surface area contributed by atoms with E-state index < -0.39 is 5.97 Å². The molecular weight excluding hydrogens is 340 g/mol. The Kier molecular flexibility index (Phi) is 5.63. The number of halogens is 1. The summed E-state index contributed by atoms with van der Waals surface area (Å²) in [5.41, 5.74) is 1.73. The quantitative estimate of drug-likeness (QED) is 0.773. The van der Waals surface area contributed by atoms with Crippen molar-refractivity contribution in [3.05, 3.63) is 59.0 Å². The van der Waals surface area contributed by atoms with Crippen LogP contribution in [0.5, 0.6) is 0 Å². The van der Waals surface area contributed by atoms with E-state index in [2.05, 4.69) is 26.3 Å². The van der Waals surface area contributed by atoms with Gasteiger partial charge in [0.1, 0.15) is 5.82 Å². The van der Waals surface area contributed by atoms with Gasteiger partial charge in [-0.05, 0) is 30.2 Å². The number of aromatic nitrogens is 2. The molecule has 0 saturated carbocycles. The van der Waals surface area contributed by atoms with Crippen LogP contribution in [0.15, 0.2) is 42.7 Å². The van der Waals surface area contributed by atoms with Gasteiger partial charge in [0.25, 0.3) is 0 Å². The molecule has 2 heterocycles. The minimum absolute atomic E-state index is 0.314. The molecule has 1 aliphatic heterocycles. The van der Waals surface area contributed by atoms with Gasteiger partial charge in [-0.25, -0.2) is 9.78 Å². The fraction of sp³-hybridized carbons (Fsp3) is 0.278. The lowest BCUT2D eigenvalue weighted by molar-refractivity contribution is -0.131. The predicted octanol–water partition coefficient (Wildman–Crippen LogP) is 2.91. The minimum atomic E-state index is -1.00. The molecule has 0 unspecified atom stereocenters. The van der Waals surface area contributed by atoms with E-state index in [0.29, 0.717) is 17.6 Å². The van der Waals surface area contributed by atoms with Gasteiger partial charge in [0.05, 0.1) is 18.1 Å². The molecule has 6 nitrogen and oxygen atoms in total. The van der Waals surface area contributed by atoms with Gasteiger partial charge in [0.15, 0.2) is 0 Å². The molecule has 25 heavy (non-hydrogen) atoms. The van der Waals surface area contributed by atoms with E-state index in [1.807, 2.05) is 18.2 Å². The predicted molar refractivity (Wildman–Crippen MR) is 97.5 cm³/mol. The van der Waals surface area contributed by atoms with Gasteiger partial charge in [-0.15, -0.1) is 0 Å². The number of carbonyl (C=O) groups is 1. The molecule has 0 radical (unpaired) electrons. The molecule has 2 aromatic rings. The summed E-state index contributed by atoms with van der Waals surface area (Å²) in [4.78, 5) is 21.3. The molecule has 3 rings (SSSR count). The molecule has 0 aliphatic carbocycles. The average Bonchev–Trinajstić information content (AvgIpc) is 3.01. The Morgan fingerprint density at radius 2 is 2.28 bits per heavy atom. The van der Waals surface area contributed by atoms with Crippen molar-refractivity contribution in [1.29, 1.82) is 0 Å². The van der Waals surface area contributed by atoms with E-state index >= 15 is 0 Å². The molecular formula is C18H19ClN4O2. The van der Waals surface area contributed by atoms with E-state index in [1.54, 1.807) is 12.4 Å². The number of hydrogen-bond acceptors (Lipinski definition) is 5. The molecule has 2 N–H and O–H groups in total. The highest BCUT2D eigenvalue weighted by molar-refractivity contribution is 6.30. The highest BCUT2D eigenvalue weighted by Crippen LogP contribution is 2.18. The van der Waals surface area contributed by atoms with E-state index in [9.17, 15) is 4.79 Å². The second kappa shape index (κ2) is 8.09. The normalized spacial score (nSPS) is 17.9. The van der Waals surface area contributed by atoms with Crippen LogP contribution in [0.25, 0.3) is 6.08 Å². The van der Waals surface area contributed by atoms with Crippen LogP contribution in [-0.2, 0) is 11.3 Å². The van der Waals surface area contributed by atoms with Crippen molar-refractivity contribution in [2.24, 2.45) is 0 Å². The summed E-state index contributed by atoms with van der Waals surface area (Å²) in [5, 5.41) is 12.7. The lowest BCUT2D eigenvalue weighted by Crippen LogP contribution is -2.26. The number of benzene rings is 1. The van der Waals surface area contributed by atoms with Crippen LogP contribution >= 0.6 is 11.6 Å². The zero-order valence-corrected chi connectivity index (χ0v) is 14.4. The van der Waals surface area contributed by atoms with Gasteiger partial charge in [-0.3, -0.25) is 9.88 Å². The van der Waals surface area contributed by atoms with Crippen LogP contribution in [0, 0.1) is 0 Å². The SMILES string of the molecule is O=C(O)/C=C/c1cnc(N[C@@H]2CCN(Cc3cccc(Cl)c3)C2)cn1. The zero-order chi connectivity index (χ0) is 17.6. The van der Waals surface area contributed by atoms with Crippen molar-refractivity contribution in [2.45, 2.75) is 19.0 Å². The third kappa shape index (κ3) is 5.27. The van der Waals surface area contributed by atoms with Crippen LogP contribution in [0.3, 0.4) is 0 Å². The van der Waals surface area contributed by atoms with Gasteiger partial charge in [0.2, 0.25) is 0 Å². The summed E-state index contributed by atoms with van der Waals surface area (Å²) in [6, 6.07) is 8.25. The number of rotatable bonds is 6. The summed E-state index contributed by atoms with van der Waals surface area (Å²) in [7, 11) is 0. The Morgan fingerprint density at radius 1 is 1.40 bits per heavy atom. The summed E-state index contributed by atoms with van der Waals surface area (Å²) in [6.07, 6.45) is 6.67. The largest absolute Gasteiger partial charge is 0.478 e. The Labute approximate surface area is 151 Å².